The first kappa shape index (κ1) is 20.9. The van der Waals surface area contributed by atoms with Crippen molar-refractivity contribution >= 4 is 5.97 Å². The molecule has 0 saturated carbocycles. The highest BCUT2D eigenvalue weighted by Gasteiger charge is 2.17. The van der Waals surface area contributed by atoms with E-state index < -0.39 is 12.1 Å². The van der Waals surface area contributed by atoms with Crippen molar-refractivity contribution in [3.8, 4) is 23.0 Å². The van der Waals surface area contributed by atoms with Crippen LogP contribution in [0.5, 0.6) is 23.0 Å². The number of hydrogen-bond donors (Lipinski definition) is 2. The number of methoxy groups -OCH3 is 3. The number of nitrogens with one attached hydrogen (secondary N) is 1. The second-order valence-electron chi connectivity index (χ2n) is 5.21. The third-order valence-corrected chi connectivity index (χ3v) is 3.38. The lowest BCUT2D eigenvalue weighted by Crippen LogP contribution is -2.41. The Kier molecular flexibility index (Phi) is 8.87. The largest absolute Gasteiger partial charge is 0.493 e. The molecule has 0 saturated heterocycles. The van der Waals surface area contributed by atoms with Crippen molar-refractivity contribution in [3.63, 3.8) is 0 Å². The summed E-state index contributed by atoms with van der Waals surface area (Å²) in [5, 5.41) is 12.9. The summed E-state index contributed by atoms with van der Waals surface area (Å²) in [5.41, 5.74) is 0. The molecule has 0 bridgehead atoms. The van der Waals surface area contributed by atoms with Crippen molar-refractivity contribution in [1.29, 1.82) is 0 Å². The van der Waals surface area contributed by atoms with E-state index in [0.29, 0.717) is 29.6 Å². The monoisotopic (exact) mass is 357 g/mol. The Morgan fingerprint density at radius 2 is 1.76 bits per heavy atom. The molecule has 0 heterocycles. The first-order valence-electron chi connectivity index (χ1n) is 7.97. The minimum atomic E-state index is -0.809. The smallest absolute Gasteiger partial charge is 0.322 e. The Morgan fingerprint density at radius 1 is 1.16 bits per heavy atom. The Morgan fingerprint density at radius 3 is 2.24 bits per heavy atom. The third kappa shape index (κ3) is 6.32. The molecule has 1 aromatic rings. The van der Waals surface area contributed by atoms with E-state index in [9.17, 15) is 9.90 Å². The van der Waals surface area contributed by atoms with E-state index in [1.807, 2.05) is 0 Å². The molecule has 8 heteroatoms. The number of aliphatic hydroxyl groups excluding tert-OH is 1. The van der Waals surface area contributed by atoms with Crippen LogP contribution < -0.4 is 24.3 Å². The van der Waals surface area contributed by atoms with E-state index in [-0.39, 0.29) is 19.1 Å². The molecule has 0 amide bonds. The highest BCUT2D eigenvalue weighted by molar-refractivity contribution is 5.75. The molecule has 1 rings (SSSR count). The molecule has 25 heavy (non-hydrogen) atoms. The molecule has 142 valence electrons. The van der Waals surface area contributed by atoms with Gasteiger partial charge >= 0.3 is 5.97 Å². The van der Waals surface area contributed by atoms with Crippen molar-refractivity contribution in [1.82, 2.24) is 5.32 Å². The third-order valence-electron chi connectivity index (χ3n) is 3.38. The second kappa shape index (κ2) is 10.6. The Balaban J connectivity index is 2.58. The van der Waals surface area contributed by atoms with Gasteiger partial charge < -0.3 is 34.1 Å². The van der Waals surface area contributed by atoms with Gasteiger partial charge in [-0.3, -0.25) is 4.79 Å². The zero-order valence-corrected chi connectivity index (χ0v) is 15.3. The van der Waals surface area contributed by atoms with Gasteiger partial charge in [-0.1, -0.05) is 0 Å². The van der Waals surface area contributed by atoms with Crippen LogP contribution in [0.4, 0.5) is 0 Å². The van der Waals surface area contributed by atoms with E-state index >= 15 is 0 Å². The number of rotatable bonds is 11. The molecule has 0 radical (unpaired) electrons. The van der Waals surface area contributed by atoms with Crippen LogP contribution in [0.3, 0.4) is 0 Å². The maximum absolute atomic E-state index is 11.5. The zero-order chi connectivity index (χ0) is 18.8. The average Bonchev–Trinajstić information content (AvgIpc) is 2.63. The Hall–Kier alpha value is -2.19. The summed E-state index contributed by atoms with van der Waals surface area (Å²) in [6.45, 7) is 3.94. The van der Waals surface area contributed by atoms with Crippen LogP contribution in [0.2, 0.25) is 0 Å². The second-order valence-corrected chi connectivity index (χ2v) is 5.21. The molecule has 0 aliphatic heterocycles. The summed E-state index contributed by atoms with van der Waals surface area (Å²) in [4.78, 5) is 11.5. The molecule has 2 N–H and O–H groups in total. The van der Waals surface area contributed by atoms with Crippen LogP contribution in [0.1, 0.15) is 13.8 Å². The summed E-state index contributed by atoms with van der Waals surface area (Å²) >= 11 is 0. The number of aliphatic hydroxyl groups is 1. The van der Waals surface area contributed by atoms with Gasteiger partial charge in [0, 0.05) is 18.7 Å². The van der Waals surface area contributed by atoms with Gasteiger partial charge in [0.2, 0.25) is 5.75 Å². The van der Waals surface area contributed by atoms with E-state index in [1.54, 1.807) is 26.0 Å². The quantitative estimate of drug-likeness (QED) is 0.566. The normalized spacial score (nSPS) is 12.9. The highest BCUT2D eigenvalue weighted by atomic mass is 16.5. The minimum Gasteiger partial charge on any atom is -0.493 e. The number of ether oxygens (including phenoxy) is 5. The zero-order valence-electron chi connectivity index (χ0n) is 15.3. The molecular weight excluding hydrogens is 330 g/mol. The number of hydrogen-bond acceptors (Lipinski definition) is 8. The molecule has 0 aliphatic rings. The summed E-state index contributed by atoms with van der Waals surface area (Å²) < 4.78 is 26.2. The van der Waals surface area contributed by atoms with Gasteiger partial charge in [-0.25, -0.2) is 0 Å². The fraction of sp³-hybridized carbons (Fsp3) is 0.588. The van der Waals surface area contributed by atoms with Gasteiger partial charge in [0.1, 0.15) is 24.5 Å². The van der Waals surface area contributed by atoms with Gasteiger partial charge in [-0.2, -0.15) is 0 Å². The average molecular weight is 357 g/mol. The van der Waals surface area contributed by atoms with Gasteiger partial charge in [-0.05, 0) is 13.8 Å². The standard InChI is InChI=1S/C17H27NO7/c1-6-24-17(20)11(2)18-9-12(19)10-25-13-7-14(21-3)16(23-5)15(8-13)22-4/h7-8,11-12,18-19H,6,9-10H2,1-5H3. The SMILES string of the molecule is CCOC(=O)C(C)NCC(O)COc1cc(OC)c(OC)c(OC)c1. The summed E-state index contributed by atoms with van der Waals surface area (Å²) in [6.07, 6.45) is -0.809. The van der Waals surface area contributed by atoms with Crippen LogP contribution in [0.15, 0.2) is 12.1 Å². The first-order valence-corrected chi connectivity index (χ1v) is 7.97. The predicted octanol–water partition coefficient (Wildman–Crippen LogP) is 0.993. The van der Waals surface area contributed by atoms with Crippen molar-refractivity contribution in [2.24, 2.45) is 0 Å². The fourth-order valence-corrected chi connectivity index (χ4v) is 2.06. The van der Waals surface area contributed by atoms with Crippen LogP contribution in [-0.2, 0) is 9.53 Å². The van der Waals surface area contributed by atoms with Crippen LogP contribution in [-0.4, -0.2) is 64.3 Å². The molecule has 8 nitrogen and oxygen atoms in total. The van der Waals surface area contributed by atoms with Gasteiger partial charge in [0.15, 0.2) is 11.5 Å². The number of benzene rings is 1. The van der Waals surface area contributed by atoms with Crippen molar-refractivity contribution in [3.05, 3.63) is 12.1 Å². The summed E-state index contributed by atoms with van der Waals surface area (Å²) in [6, 6.07) is 2.78. The predicted molar refractivity (Wildman–Crippen MR) is 91.7 cm³/mol. The molecule has 1 aromatic carbocycles. The van der Waals surface area contributed by atoms with E-state index in [2.05, 4.69) is 5.32 Å². The van der Waals surface area contributed by atoms with E-state index in [1.165, 1.54) is 21.3 Å². The van der Waals surface area contributed by atoms with Crippen molar-refractivity contribution < 1.29 is 33.6 Å². The lowest BCUT2D eigenvalue weighted by molar-refractivity contribution is -0.145. The molecule has 0 aliphatic carbocycles. The minimum absolute atomic E-state index is 0.0290. The maximum atomic E-state index is 11.5. The summed E-state index contributed by atoms with van der Waals surface area (Å²) in [5.74, 6) is 1.48. The van der Waals surface area contributed by atoms with Crippen LogP contribution in [0.25, 0.3) is 0 Å². The lowest BCUT2D eigenvalue weighted by Gasteiger charge is -2.18. The molecular formula is C17H27NO7. The van der Waals surface area contributed by atoms with E-state index in [4.69, 9.17) is 23.7 Å². The van der Waals surface area contributed by atoms with Gasteiger partial charge in [0.25, 0.3) is 0 Å². The first-order chi connectivity index (χ1) is 12.0. The molecule has 0 fully saturated rings. The topological polar surface area (TPSA) is 95.5 Å². The Labute approximate surface area is 148 Å². The van der Waals surface area contributed by atoms with Crippen LogP contribution >= 0.6 is 0 Å². The number of esters is 1. The summed E-state index contributed by atoms with van der Waals surface area (Å²) in [7, 11) is 4.54. The molecule has 2 atom stereocenters. The number of carbonyl (C=O) groups is 1. The highest BCUT2D eigenvalue weighted by Crippen LogP contribution is 2.40. The maximum Gasteiger partial charge on any atom is 0.322 e. The van der Waals surface area contributed by atoms with Gasteiger partial charge in [0.05, 0.1) is 27.9 Å². The Bertz CT molecular complexity index is 525. The van der Waals surface area contributed by atoms with Crippen molar-refractivity contribution in [2.75, 3.05) is 41.1 Å². The molecule has 2 unspecified atom stereocenters. The molecule has 0 spiro atoms. The van der Waals surface area contributed by atoms with Crippen molar-refractivity contribution in [2.45, 2.75) is 26.0 Å². The van der Waals surface area contributed by atoms with Crippen LogP contribution in [0, 0.1) is 0 Å². The van der Waals surface area contributed by atoms with Gasteiger partial charge in [-0.15, -0.1) is 0 Å². The molecule has 0 aromatic heterocycles. The number of carbonyl (C=O) groups excluding carboxylic acids is 1. The lowest BCUT2D eigenvalue weighted by atomic mass is 10.2. The van der Waals surface area contributed by atoms with E-state index in [0.717, 1.165) is 0 Å². The fourth-order valence-electron chi connectivity index (χ4n) is 2.06.